The number of hydrogen-bond donors (Lipinski definition) is 0. The predicted molar refractivity (Wildman–Crippen MR) is 204 cm³/mol. The second-order valence-corrected chi connectivity index (χ2v) is 15.4. The lowest BCUT2D eigenvalue weighted by atomic mass is 10.1. The molecule has 0 heterocycles. The SMILES string of the molecule is CCCCC/C=C\C/C=C\CCCCCCCCOCC(CCS(C)(=O)=O)OCCCCCCCC/C=C\C/C=C\CCCCC. The molecule has 0 saturated carbocycles. The average Bonchev–Trinajstić information content (AvgIpc) is 3.03. The first kappa shape index (κ1) is 44.8. The van der Waals surface area contributed by atoms with Crippen molar-refractivity contribution in [3.05, 3.63) is 48.6 Å². The minimum absolute atomic E-state index is 0.127. The van der Waals surface area contributed by atoms with Crippen molar-refractivity contribution < 1.29 is 17.9 Å². The average molecular weight is 665 g/mol. The van der Waals surface area contributed by atoms with E-state index in [1.54, 1.807) is 0 Å². The minimum Gasteiger partial charge on any atom is -0.379 e. The zero-order chi connectivity index (χ0) is 33.7. The molecule has 0 aliphatic heterocycles. The van der Waals surface area contributed by atoms with Crippen LogP contribution in [-0.4, -0.2) is 46.4 Å². The van der Waals surface area contributed by atoms with Crippen molar-refractivity contribution in [2.24, 2.45) is 0 Å². The van der Waals surface area contributed by atoms with E-state index < -0.39 is 9.84 Å². The van der Waals surface area contributed by atoms with Gasteiger partial charge in [0.15, 0.2) is 0 Å². The summed E-state index contributed by atoms with van der Waals surface area (Å²) < 4.78 is 35.4. The molecule has 0 saturated heterocycles. The predicted octanol–water partition coefficient (Wildman–Crippen LogP) is 12.4. The Morgan fingerprint density at radius 1 is 0.500 bits per heavy atom. The highest BCUT2D eigenvalue weighted by molar-refractivity contribution is 7.90. The molecule has 0 aromatic rings. The molecule has 0 rings (SSSR count). The molecule has 0 aromatic carbocycles. The lowest BCUT2D eigenvalue weighted by Crippen LogP contribution is -2.24. The molecule has 0 aliphatic rings. The molecule has 0 radical (unpaired) electrons. The largest absolute Gasteiger partial charge is 0.379 e. The van der Waals surface area contributed by atoms with Gasteiger partial charge in [0.05, 0.1) is 18.5 Å². The fourth-order valence-electron chi connectivity index (χ4n) is 5.31. The third kappa shape index (κ3) is 39.0. The Kier molecular flexibility index (Phi) is 35.7. The minimum atomic E-state index is -2.99. The molecule has 46 heavy (non-hydrogen) atoms. The van der Waals surface area contributed by atoms with Gasteiger partial charge in [-0.2, -0.15) is 0 Å². The molecule has 5 heteroatoms. The maximum absolute atomic E-state index is 11.7. The maximum Gasteiger partial charge on any atom is 0.147 e. The van der Waals surface area contributed by atoms with Crippen LogP contribution in [0.2, 0.25) is 0 Å². The summed E-state index contributed by atoms with van der Waals surface area (Å²) in [5.74, 6) is 0.162. The van der Waals surface area contributed by atoms with E-state index in [9.17, 15) is 8.42 Å². The number of allylic oxidation sites excluding steroid dienone is 8. The second-order valence-electron chi connectivity index (χ2n) is 13.2. The van der Waals surface area contributed by atoms with Gasteiger partial charge in [-0.05, 0) is 83.5 Å². The summed E-state index contributed by atoms with van der Waals surface area (Å²) in [7, 11) is -2.99. The highest BCUT2D eigenvalue weighted by Crippen LogP contribution is 2.12. The summed E-state index contributed by atoms with van der Waals surface area (Å²) in [6.45, 7) is 6.43. The lowest BCUT2D eigenvalue weighted by Gasteiger charge is -2.18. The van der Waals surface area contributed by atoms with Gasteiger partial charge in [-0.25, -0.2) is 8.42 Å². The molecular weight excluding hydrogens is 589 g/mol. The molecule has 0 spiro atoms. The van der Waals surface area contributed by atoms with Gasteiger partial charge in [-0.3, -0.25) is 0 Å². The first-order valence-electron chi connectivity index (χ1n) is 19.5. The smallest absolute Gasteiger partial charge is 0.147 e. The van der Waals surface area contributed by atoms with E-state index in [2.05, 4.69) is 62.5 Å². The Balaban J connectivity index is 3.76. The van der Waals surface area contributed by atoms with Crippen molar-refractivity contribution in [2.45, 2.75) is 180 Å². The van der Waals surface area contributed by atoms with Crippen molar-refractivity contribution in [2.75, 3.05) is 31.8 Å². The van der Waals surface area contributed by atoms with Crippen molar-refractivity contribution >= 4 is 9.84 Å². The number of sulfone groups is 1. The van der Waals surface area contributed by atoms with Crippen LogP contribution in [0.25, 0.3) is 0 Å². The summed E-state index contributed by atoms with van der Waals surface area (Å²) in [6.07, 6.45) is 49.8. The fraction of sp³-hybridized carbons (Fsp3) is 0.805. The highest BCUT2D eigenvalue weighted by Gasteiger charge is 2.13. The second kappa shape index (κ2) is 36.7. The third-order valence-corrected chi connectivity index (χ3v) is 9.28. The normalized spacial score (nSPS) is 13.4. The van der Waals surface area contributed by atoms with E-state index in [1.165, 1.54) is 135 Å². The summed E-state index contributed by atoms with van der Waals surface area (Å²) in [6, 6.07) is 0. The van der Waals surface area contributed by atoms with Crippen molar-refractivity contribution in [1.82, 2.24) is 0 Å². The van der Waals surface area contributed by atoms with Gasteiger partial charge in [-0.15, -0.1) is 0 Å². The zero-order valence-electron chi connectivity index (χ0n) is 30.7. The van der Waals surface area contributed by atoms with Gasteiger partial charge < -0.3 is 9.47 Å². The molecular formula is C41H76O4S. The molecule has 0 aromatic heterocycles. The summed E-state index contributed by atoms with van der Waals surface area (Å²) in [4.78, 5) is 0. The van der Waals surface area contributed by atoms with Gasteiger partial charge in [0.1, 0.15) is 9.84 Å². The quantitative estimate of drug-likeness (QED) is 0.0494. The molecule has 1 atom stereocenters. The first-order valence-corrected chi connectivity index (χ1v) is 21.5. The Morgan fingerprint density at radius 3 is 1.33 bits per heavy atom. The molecule has 1 unspecified atom stereocenters. The van der Waals surface area contributed by atoms with Crippen LogP contribution in [0.5, 0.6) is 0 Å². The summed E-state index contributed by atoms with van der Waals surface area (Å²) in [5, 5.41) is 0. The number of unbranched alkanes of at least 4 members (excludes halogenated alkanes) is 18. The molecule has 0 N–H and O–H groups in total. The van der Waals surface area contributed by atoms with E-state index in [-0.39, 0.29) is 11.9 Å². The van der Waals surface area contributed by atoms with Crippen molar-refractivity contribution in [1.29, 1.82) is 0 Å². The summed E-state index contributed by atoms with van der Waals surface area (Å²) >= 11 is 0. The molecule has 0 amide bonds. The summed E-state index contributed by atoms with van der Waals surface area (Å²) in [5.41, 5.74) is 0. The van der Waals surface area contributed by atoms with Crippen LogP contribution in [0.1, 0.15) is 174 Å². The topological polar surface area (TPSA) is 52.6 Å². The number of rotatable bonds is 36. The third-order valence-electron chi connectivity index (χ3n) is 8.30. The first-order chi connectivity index (χ1) is 22.5. The number of ether oxygens (including phenoxy) is 2. The Morgan fingerprint density at radius 2 is 0.891 bits per heavy atom. The molecule has 0 aliphatic carbocycles. The van der Waals surface area contributed by atoms with E-state index in [0.29, 0.717) is 19.6 Å². The van der Waals surface area contributed by atoms with Crippen LogP contribution in [0.4, 0.5) is 0 Å². The van der Waals surface area contributed by atoms with Crippen LogP contribution < -0.4 is 0 Å². The van der Waals surface area contributed by atoms with Crippen molar-refractivity contribution in [3.63, 3.8) is 0 Å². The Bertz CT molecular complexity index is 827. The fourth-order valence-corrected chi connectivity index (χ4v) is 6.00. The van der Waals surface area contributed by atoms with Gasteiger partial charge in [0.2, 0.25) is 0 Å². The monoisotopic (exact) mass is 665 g/mol. The van der Waals surface area contributed by atoms with Crippen LogP contribution in [-0.2, 0) is 19.3 Å². The van der Waals surface area contributed by atoms with Gasteiger partial charge >= 0.3 is 0 Å². The molecule has 4 nitrogen and oxygen atoms in total. The maximum atomic E-state index is 11.7. The molecule has 0 bridgehead atoms. The highest BCUT2D eigenvalue weighted by atomic mass is 32.2. The van der Waals surface area contributed by atoms with Crippen LogP contribution in [0.3, 0.4) is 0 Å². The molecule has 270 valence electrons. The van der Waals surface area contributed by atoms with Crippen molar-refractivity contribution in [3.8, 4) is 0 Å². The Labute approximate surface area is 287 Å². The van der Waals surface area contributed by atoms with Crippen LogP contribution >= 0.6 is 0 Å². The molecule has 0 fully saturated rings. The van der Waals surface area contributed by atoms with E-state index in [0.717, 1.165) is 32.3 Å². The van der Waals surface area contributed by atoms with Crippen LogP contribution in [0, 0.1) is 0 Å². The van der Waals surface area contributed by atoms with E-state index in [1.807, 2.05) is 0 Å². The number of hydrogen-bond acceptors (Lipinski definition) is 4. The Hall–Kier alpha value is -1.17. The van der Waals surface area contributed by atoms with Gasteiger partial charge in [-0.1, -0.05) is 140 Å². The standard InChI is InChI=1S/C41H76O4S/c1-4-6-8-10-12-14-16-18-20-22-24-26-28-30-32-34-37-44-40-41(36-39-46(3,42)43)45-38-35-33-31-29-27-25-23-21-19-17-15-13-11-9-7-5-2/h12-15,18-21,41H,4-11,16-17,22-40H2,1-3H3/b14-12-,15-13-,20-18-,21-19-. The lowest BCUT2D eigenvalue weighted by molar-refractivity contribution is -0.0196. The van der Waals surface area contributed by atoms with Gasteiger partial charge in [0, 0.05) is 19.5 Å². The van der Waals surface area contributed by atoms with E-state index >= 15 is 0 Å². The zero-order valence-corrected chi connectivity index (χ0v) is 31.6. The van der Waals surface area contributed by atoms with Gasteiger partial charge in [0.25, 0.3) is 0 Å². The van der Waals surface area contributed by atoms with E-state index in [4.69, 9.17) is 9.47 Å². The van der Waals surface area contributed by atoms with Crippen LogP contribution in [0.15, 0.2) is 48.6 Å².